The molecule has 0 aliphatic heterocycles. The Labute approximate surface area is 304 Å². The summed E-state index contributed by atoms with van der Waals surface area (Å²) in [5.74, 6) is -1.50. The van der Waals surface area contributed by atoms with Gasteiger partial charge in [-0.2, -0.15) is 11.8 Å². The molecule has 284 valence electrons. The van der Waals surface area contributed by atoms with Gasteiger partial charge in [-0.05, 0) is 88.7 Å². The maximum absolute atomic E-state index is 13.7. The van der Waals surface area contributed by atoms with Crippen LogP contribution in [0.1, 0.15) is 93.1 Å². The summed E-state index contributed by atoms with van der Waals surface area (Å²) in [4.78, 5) is 52.8. The number of aryl methyl sites for hydroxylation is 1. The van der Waals surface area contributed by atoms with Gasteiger partial charge in [0.25, 0.3) is 0 Å². The molecule has 0 radical (unpaired) electrons. The number of hydrogen-bond acceptors (Lipinski definition) is 8. The third-order valence-electron chi connectivity index (χ3n) is 8.21. The molecular weight excluding hydrogens is 657 g/mol. The van der Waals surface area contributed by atoms with Gasteiger partial charge >= 0.3 is 6.09 Å². The number of carbonyl (C=O) groups excluding carboxylic acids is 4. The zero-order valence-corrected chi connectivity index (χ0v) is 32.5. The zero-order valence-electron chi connectivity index (χ0n) is 31.7. The number of thioether (sulfide) groups is 1. The summed E-state index contributed by atoms with van der Waals surface area (Å²) < 4.78 is 5.34. The maximum Gasteiger partial charge on any atom is 0.408 e. The number of rotatable bonds is 22. The fourth-order valence-electron chi connectivity index (χ4n) is 5.45. The van der Waals surface area contributed by atoms with E-state index in [-0.39, 0.29) is 24.2 Å². The lowest BCUT2D eigenvalue weighted by molar-refractivity contribution is -0.131. The average Bonchev–Trinajstić information content (AvgIpc) is 3.02. The van der Waals surface area contributed by atoms with E-state index in [0.717, 1.165) is 5.56 Å². The van der Waals surface area contributed by atoms with E-state index in [1.165, 1.54) is 11.8 Å². The number of aliphatic hydroxyl groups excluding tert-OH is 2. The Hall–Kier alpha value is -3.09. The first-order chi connectivity index (χ1) is 23.4. The number of aliphatic hydroxyl groups is 2. The third kappa shape index (κ3) is 17.7. The summed E-state index contributed by atoms with van der Waals surface area (Å²) in [5, 5.41) is 33.6. The molecule has 1 rings (SSSR count). The molecule has 11 nitrogen and oxygen atoms in total. The predicted octanol–water partition coefficient (Wildman–Crippen LogP) is 4.75. The normalized spacial score (nSPS) is 15.9. The van der Waals surface area contributed by atoms with Crippen LogP contribution < -0.4 is 21.3 Å². The highest BCUT2D eigenvalue weighted by atomic mass is 32.2. The van der Waals surface area contributed by atoms with Crippen molar-refractivity contribution in [3.05, 3.63) is 48.6 Å². The minimum atomic E-state index is -1.06. The molecule has 0 unspecified atom stereocenters. The highest BCUT2D eigenvalue weighted by molar-refractivity contribution is 7.98. The maximum atomic E-state index is 13.7. The van der Waals surface area contributed by atoms with Gasteiger partial charge in [0.2, 0.25) is 17.7 Å². The van der Waals surface area contributed by atoms with Crippen LogP contribution in [0.4, 0.5) is 4.79 Å². The van der Waals surface area contributed by atoms with Gasteiger partial charge in [-0.25, -0.2) is 4.79 Å². The van der Waals surface area contributed by atoms with Gasteiger partial charge in [0.1, 0.15) is 17.7 Å². The Morgan fingerprint density at radius 1 is 0.840 bits per heavy atom. The van der Waals surface area contributed by atoms with Gasteiger partial charge in [0.05, 0.1) is 24.3 Å². The van der Waals surface area contributed by atoms with Crippen molar-refractivity contribution in [1.82, 2.24) is 21.3 Å². The molecule has 50 heavy (non-hydrogen) atoms. The van der Waals surface area contributed by atoms with Gasteiger partial charge in [-0.3, -0.25) is 14.4 Å². The monoisotopic (exact) mass is 720 g/mol. The lowest BCUT2D eigenvalue weighted by Gasteiger charge is -2.31. The summed E-state index contributed by atoms with van der Waals surface area (Å²) in [6.45, 7) is 18.2. The second-order valence-corrected chi connectivity index (χ2v) is 15.9. The van der Waals surface area contributed by atoms with E-state index in [2.05, 4.69) is 27.8 Å². The molecule has 0 bridgehead atoms. The van der Waals surface area contributed by atoms with E-state index in [1.54, 1.807) is 47.6 Å². The largest absolute Gasteiger partial charge is 0.444 e. The van der Waals surface area contributed by atoms with E-state index in [1.807, 2.05) is 50.4 Å². The third-order valence-corrected chi connectivity index (χ3v) is 8.85. The van der Waals surface area contributed by atoms with Crippen LogP contribution >= 0.6 is 11.8 Å². The number of ether oxygens (including phenoxy) is 1. The summed E-state index contributed by atoms with van der Waals surface area (Å²) in [7, 11) is 0. The zero-order chi connectivity index (χ0) is 38.0. The topological polar surface area (TPSA) is 166 Å². The molecule has 0 saturated heterocycles. The van der Waals surface area contributed by atoms with Crippen LogP contribution in [0.25, 0.3) is 0 Å². The quantitative estimate of drug-likeness (QED) is 0.0935. The molecular formula is C38H64N4O7S. The summed E-state index contributed by atoms with van der Waals surface area (Å²) >= 11 is 1.53. The molecule has 0 aromatic heterocycles. The Balaban J connectivity index is 2.99. The van der Waals surface area contributed by atoms with E-state index in [4.69, 9.17) is 4.74 Å². The fraction of sp³-hybridized carbons (Fsp3) is 0.684. The molecule has 1 aromatic rings. The summed E-state index contributed by atoms with van der Waals surface area (Å²) in [5.41, 5.74) is 0.349. The fourth-order valence-corrected chi connectivity index (χ4v) is 5.92. The van der Waals surface area contributed by atoms with Crippen molar-refractivity contribution in [2.45, 2.75) is 136 Å². The molecule has 0 spiro atoms. The Bertz CT molecular complexity index is 1190. The van der Waals surface area contributed by atoms with Crippen molar-refractivity contribution in [2.24, 2.45) is 17.8 Å². The van der Waals surface area contributed by atoms with Crippen LogP contribution in [-0.4, -0.2) is 88.0 Å². The van der Waals surface area contributed by atoms with Crippen molar-refractivity contribution < 1.29 is 34.1 Å². The molecule has 6 N–H and O–H groups in total. The standard InChI is InChI=1S/C38H64N4O7S/c1-11-15-28(31(43)19-18-27-16-13-12-14-17-27)39-34(45)26(6)23-32(44)30(22-24(2)3)41-35(46)29(20-21-50-10)40-36(47)33(25(4)5)42-37(48)49-38(7,8)9/h11-14,16-17,24-26,28-33,43-44H,1,15,18-23H2,2-10H3,(H,39,45)(H,40,47)(H,41,46)(H,42,48)/t26-,28+,29+,30+,31+,32+,33+/m1/s1. The molecule has 0 saturated carbocycles. The van der Waals surface area contributed by atoms with E-state index in [0.29, 0.717) is 37.9 Å². The molecule has 4 amide bonds. The van der Waals surface area contributed by atoms with Gasteiger partial charge in [0.15, 0.2) is 0 Å². The first-order valence-electron chi connectivity index (χ1n) is 17.8. The second kappa shape index (κ2) is 22.7. The number of nitrogens with one attached hydrogen (secondary N) is 4. The van der Waals surface area contributed by atoms with Gasteiger partial charge in [-0.1, -0.05) is 71.0 Å². The lowest BCUT2D eigenvalue weighted by Crippen LogP contribution is -2.58. The SMILES string of the molecule is C=CC[C@H](NC(=O)[C@H](C)C[C@H](O)[C@H](CC(C)C)NC(=O)[C@H](CCSC)NC(=O)[C@@H](NC(=O)OC(C)(C)C)C(C)C)[C@@H](O)CCc1ccccc1. The molecule has 0 heterocycles. The van der Waals surface area contributed by atoms with Crippen molar-refractivity contribution in [3.8, 4) is 0 Å². The Morgan fingerprint density at radius 3 is 2.00 bits per heavy atom. The molecule has 1 aromatic carbocycles. The second-order valence-electron chi connectivity index (χ2n) is 14.9. The lowest BCUT2D eigenvalue weighted by atomic mass is 9.91. The molecule has 0 fully saturated rings. The highest BCUT2D eigenvalue weighted by Gasteiger charge is 2.33. The first-order valence-corrected chi connectivity index (χ1v) is 19.2. The van der Waals surface area contributed by atoms with E-state index in [9.17, 15) is 29.4 Å². The minimum absolute atomic E-state index is 0.0709. The first kappa shape index (κ1) is 44.9. The minimum Gasteiger partial charge on any atom is -0.444 e. The van der Waals surface area contributed by atoms with Gasteiger partial charge in [0, 0.05) is 5.92 Å². The molecule has 7 atom stereocenters. The van der Waals surface area contributed by atoms with E-state index < -0.39 is 65.8 Å². The summed E-state index contributed by atoms with van der Waals surface area (Å²) in [6.07, 6.45) is 3.34. The van der Waals surface area contributed by atoms with Crippen molar-refractivity contribution in [3.63, 3.8) is 0 Å². The van der Waals surface area contributed by atoms with Crippen LogP contribution in [0, 0.1) is 17.8 Å². The average molecular weight is 721 g/mol. The van der Waals surface area contributed by atoms with Crippen LogP contribution in [-0.2, 0) is 25.5 Å². The smallest absolute Gasteiger partial charge is 0.408 e. The number of hydrogen-bond donors (Lipinski definition) is 6. The summed E-state index contributed by atoms with van der Waals surface area (Å²) in [6, 6.07) is 6.74. The Morgan fingerprint density at radius 2 is 1.46 bits per heavy atom. The van der Waals surface area contributed by atoms with Crippen molar-refractivity contribution >= 4 is 35.6 Å². The van der Waals surface area contributed by atoms with Crippen LogP contribution in [0.3, 0.4) is 0 Å². The number of alkyl carbamates (subject to hydrolysis) is 1. The van der Waals surface area contributed by atoms with Crippen molar-refractivity contribution in [1.29, 1.82) is 0 Å². The number of benzene rings is 1. The van der Waals surface area contributed by atoms with Crippen LogP contribution in [0.2, 0.25) is 0 Å². The van der Waals surface area contributed by atoms with E-state index >= 15 is 0 Å². The van der Waals surface area contributed by atoms with Crippen molar-refractivity contribution in [2.75, 3.05) is 12.0 Å². The molecule has 0 aliphatic carbocycles. The van der Waals surface area contributed by atoms with Crippen LogP contribution in [0.5, 0.6) is 0 Å². The highest BCUT2D eigenvalue weighted by Crippen LogP contribution is 2.18. The van der Waals surface area contributed by atoms with Gasteiger partial charge in [-0.15, -0.1) is 6.58 Å². The van der Waals surface area contributed by atoms with Crippen LogP contribution in [0.15, 0.2) is 43.0 Å². The molecule has 12 heteroatoms. The molecule has 0 aliphatic rings. The van der Waals surface area contributed by atoms with Gasteiger partial charge < -0.3 is 36.2 Å². The number of carbonyl (C=O) groups is 4. The predicted molar refractivity (Wildman–Crippen MR) is 202 cm³/mol. The number of amides is 4. The Kier molecular flexibility index (Phi) is 20.4.